The summed E-state index contributed by atoms with van der Waals surface area (Å²) in [6.07, 6.45) is 0.0637. The third kappa shape index (κ3) is 3.60. The van der Waals surface area contributed by atoms with E-state index in [4.69, 9.17) is 16.3 Å². The van der Waals surface area contributed by atoms with Gasteiger partial charge in [-0.3, -0.25) is 9.59 Å². The summed E-state index contributed by atoms with van der Waals surface area (Å²) in [5.74, 6) is -0.205. The van der Waals surface area contributed by atoms with Gasteiger partial charge in [-0.25, -0.2) is 0 Å². The second-order valence-electron chi connectivity index (χ2n) is 7.28. The molecule has 0 radical (unpaired) electrons. The third-order valence-electron chi connectivity index (χ3n) is 5.40. The number of pyridine rings is 1. The predicted octanol–water partition coefficient (Wildman–Crippen LogP) is 2.83. The summed E-state index contributed by atoms with van der Waals surface area (Å²) >= 11 is 6.59. The van der Waals surface area contributed by atoms with Gasteiger partial charge in [-0.05, 0) is 49.9 Å². The minimum absolute atomic E-state index is 0.174. The number of nitrogens with one attached hydrogen (secondary N) is 1. The van der Waals surface area contributed by atoms with E-state index < -0.39 is 6.10 Å². The van der Waals surface area contributed by atoms with Crippen LogP contribution in [0.4, 0.5) is 0 Å². The average molecular weight is 405 g/mol. The number of aliphatic hydroxyl groups is 1. The highest BCUT2D eigenvalue weighted by molar-refractivity contribution is 6.35. The van der Waals surface area contributed by atoms with E-state index in [1.165, 1.54) is 7.11 Å². The molecule has 0 aliphatic carbocycles. The van der Waals surface area contributed by atoms with E-state index in [-0.39, 0.29) is 24.6 Å². The van der Waals surface area contributed by atoms with Crippen LogP contribution in [-0.4, -0.2) is 41.2 Å². The van der Waals surface area contributed by atoms with Gasteiger partial charge in [0.15, 0.2) is 0 Å². The summed E-state index contributed by atoms with van der Waals surface area (Å²) in [4.78, 5) is 30.1. The van der Waals surface area contributed by atoms with Crippen LogP contribution in [0.3, 0.4) is 0 Å². The van der Waals surface area contributed by atoms with Crippen molar-refractivity contribution in [2.24, 2.45) is 0 Å². The van der Waals surface area contributed by atoms with Crippen molar-refractivity contribution in [3.63, 3.8) is 0 Å². The molecular weight excluding hydrogens is 380 g/mol. The third-order valence-corrected chi connectivity index (χ3v) is 5.80. The maximum Gasteiger partial charge on any atom is 0.255 e. The fourth-order valence-electron chi connectivity index (χ4n) is 3.86. The van der Waals surface area contributed by atoms with E-state index in [1.54, 1.807) is 4.90 Å². The molecule has 2 N–H and O–H groups in total. The number of ether oxygens (including phenoxy) is 1. The molecule has 1 aliphatic rings. The van der Waals surface area contributed by atoms with Crippen LogP contribution in [-0.2, 0) is 17.7 Å². The number of nitrogens with zero attached hydrogens (tertiary/aromatic N) is 1. The van der Waals surface area contributed by atoms with Crippen LogP contribution in [0.1, 0.15) is 50.0 Å². The Morgan fingerprint density at radius 1 is 1.25 bits per heavy atom. The van der Waals surface area contributed by atoms with Crippen molar-refractivity contribution >= 4 is 17.5 Å². The Kier molecular flexibility index (Phi) is 5.93. The van der Waals surface area contributed by atoms with Gasteiger partial charge in [0.2, 0.25) is 0 Å². The summed E-state index contributed by atoms with van der Waals surface area (Å²) < 4.78 is 5.31. The fourth-order valence-corrected chi connectivity index (χ4v) is 4.23. The fraction of sp³-hybridized carbons (Fsp3) is 0.429. The number of hydrogen-bond acceptors (Lipinski definition) is 4. The molecule has 0 bridgehead atoms. The normalized spacial score (nSPS) is 14.9. The number of fused-ring (bicyclic) bond motifs is 1. The Morgan fingerprint density at radius 3 is 2.57 bits per heavy atom. The number of aromatic amines is 1. The molecule has 1 aromatic carbocycles. The number of carbonyl (C=O) groups excluding carboxylic acids is 1. The van der Waals surface area contributed by atoms with Crippen LogP contribution in [0.5, 0.6) is 0 Å². The van der Waals surface area contributed by atoms with Crippen LogP contribution in [0.15, 0.2) is 16.9 Å². The van der Waals surface area contributed by atoms with Crippen molar-refractivity contribution in [3.05, 3.63) is 66.6 Å². The molecule has 150 valence electrons. The Labute approximate surface area is 169 Å². The minimum atomic E-state index is -0.595. The molecular formula is C21H25ClN2O4. The largest absolute Gasteiger partial charge is 0.393 e. The van der Waals surface area contributed by atoms with E-state index in [2.05, 4.69) is 4.98 Å². The number of halogens is 1. The molecule has 1 amide bonds. The summed E-state index contributed by atoms with van der Waals surface area (Å²) in [6.45, 7) is 6.15. The van der Waals surface area contributed by atoms with E-state index in [0.717, 1.165) is 22.4 Å². The minimum Gasteiger partial charge on any atom is -0.393 e. The number of amides is 1. The number of aryl methyl sites for hydroxylation is 3. The monoisotopic (exact) mass is 404 g/mol. The zero-order chi connectivity index (χ0) is 20.6. The van der Waals surface area contributed by atoms with Gasteiger partial charge in [0.25, 0.3) is 11.5 Å². The first kappa shape index (κ1) is 20.6. The van der Waals surface area contributed by atoms with Crippen molar-refractivity contribution in [2.75, 3.05) is 20.3 Å². The van der Waals surface area contributed by atoms with E-state index >= 15 is 0 Å². The second-order valence-corrected chi connectivity index (χ2v) is 7.65. The molecule has 0 saturated heterocycles. The van der Waals surface area contributed by atoms with Crippen LogP contribution in [0, 0.1) is 20.8 Å². The van der Waals surface area contributed by atoms with E-state index in [9.17, 15) is 14.7 Å². The lowest BCUT2D eigenvalue weighted by atomic mass is 9.90. The number of hydrogen-bond donors (Lipinski definition) is 2. The van der Waals surface area contributed by atoms with Crippen LogP contribution in [0.2, 0.25) is 5.02 Å². The van der Waals surface area contributed by atoms with Crippen LogP contribution in [0.25, 0.3) is 0 Å². The Morgan fingerprint density at radius 2 is 1.96 bits per heavy atom. The molecule has 7 heteroatoms. The first-order valence-corrected chi connectivity index (χ1v) is 9.60. The van der Waals surface area contributed by atoms with Crippen molar-refractivity contribution in [3.8, 4) is 0 Å². The highest BCUT2D eigenvalue weighted by Crippen LogP contribution is 2.36. The average Bonchev–Trinajstić information content (AvgIpc) is 2.64. The highest BCUT2D eigenvalue weighted by atomic mass is 35.5. The summed E-state index contributed by atoms with van der Waals surface area (Å²) in [5.41, 5.74) is 4.96. The molecule has 1 atom stereocenters. The first-order chi connectivity index (χ1) is 13.3. The van der Waals surface area contributed by atoms with Gasteiger partial charge in [0.1, 0.15) is 6.10 Å². The molecule has 2 aromatic rings. The number of carbonyl (C=O) groups is 1. The van der Waals surface area contributed by atoms with Crippen molar-refractivity contribution in [2.45, 2.75) is 39.8 Å². The summed E-state index contributed by atoms with van der Waals surface area (Å²) in [7, 11) is 1.49. The highest BCUT2D eigenvalue weighted by Gasteiger charge is 2.31. The molecule has 0 spiro atoms. The van der Waals surface area contributed by atoms with Crippen molar-refractivity contribution < 1.29 is 14.6 Å². The molecule has 28 heavy (non-hydrogen) atoms. The van der Waals surface area contributed by atoms with Gasteiger partial charge in [0, 0.05) is 30.5 Å². The molecule has 1 aliphatic heterocycles. The number of aromatic nitrogens is 1. The molecule has 1 aromatic heterocycles. The number of H-pyrrole nitrogens is 1. The molecule has 0 saturated carbocycles. The van der Waals surface area contributed by atoms with Gasteiger partial charge in [-0.1, -0.05) is 17.7 Å². The standard InChI is InChI=1S/C21H25ClN2O4/c1-11-7-13(3)23-20(26)16(11)9-24-6-5-14-12(2)8-15(17(10-25)28-4)19(22)18(14)21(24)27/h7-8,17,25H,5-6,9-10H2,1-4H3,(H,23,26). The van der Waals surface area contributed by atoms with Gasteiger partial charge in [0.05, 0.1) is 23.7 Å². The van der Waals surface area contributed by atoms with E-state index in [1.807, 2.05) is 32.9 Å². The van der Waals surface area contributed by atoms with Crippen LogP contribution >= 0.6 is 11.6 Å². The predicted molar refractivity (Wildman–Crippen MR) is 108 cm³/mol. The van der Waals surface area contributed by atoms with E-state index in [0.29, 0.717) is 34.7 Å². The Bertz CT molecular complexity index is 979. The first-order valence-electron chi connectivity index (χ1n) is 9.22. The summed E-state index contributed by atoms with van der Waals surface area (Å²) in [6, 6.07) is 3.78. The second kappa shape index (κ2) is 8.07. The zero-order valence-corrected chi connectivity index (χ0v) is 17.3. The lowest BCUT2D eigenvalue weighted by Crippen LogP contribution is -2.39. The lowest BCUT2D eigenvalue weighted by molar-refractivity contribution is 0.0482. The number of aliphatic hydroxyl groups excluding tert-OH is 1. The van der Waals surface area contributed by atoms with Gasteiger partial charge in [-0.15, -0.1) is 0 Å². The SMILES string of the molecule is COC(CO)c1cc(C)c2c(c1Cl)C(=O)N(Cc1c(C)cc(C)[nH]c1=O)CC2. The van der Waals surface area contributed by atoms with Crippen LogP contribution < -0.4 is 5.56 Å². The summed E-state index contributed by atoms with van der Waals surface area (Å²) in [5, 5.41) is 9.89. The van der Waals surface area contributed by atoms with Gasteiger partial charge >= 0.3 is 0 Å². The Hall–Kier alpha value is -2.15. The van der Waals surface area contributed by atoms with Gasteiger partial charge in [-0.2, -0.15) is 0 Å². The number of benzene rings is 1. The molecule has 0 fully saturated rings. The number of rotatable bonds is 5. The van der Waals surface area contributed by atoms with Gasteiger partial charge < -0.3 is 19.7 Å². The van der Waals surface area contributed by atoms with Crippen molar-refractivity contribution in [1.82, 2.24) is 9.88 Å². The molecule has 1 unspecified atom stereocenters. The maximum atomic E-state index is 13.3. The lowest BCUT2D eigenvalue weighted by Gasteiger charge is -2.31. The number of methoxy groups -OCH3 is 1. The molecule has 6 nitrogen and oxygen atoms in total. The maximum absolute atomic E-state index is 13.3. The quantitative estimate of drug-likeness (QED) is 0.802. The van der Waals surface area contributed by atoms with Crippen molar-refractivity contribution in [1.29, 1.82) is 0 Å². The molecule has 2 heterocycles. The smallest absolute Gasteiger partial charge is 0.255 e. The zero-order valence-electron chi connectivity index (χ0n) is 16.6. The molecule has 3 rings (SSSR count). The topological polar surface area (TPSA) is 82.6 Å². The Balaban J connectivity index is 2.02.